The van der Waals surface area contributed by atoms with Crippen LogP contribution in [0.2, 0.25) is 0 Å². The maximum atomic E-state index is 9.55. The largest absolute Gasteiger partial charge is 0.390 e. The monoisotopic (exact) mass is 265 g/mol. The molecule has 0 spiro atoms. The quantitative estimate of drug-likeness (QED) is 0.923. The molecule has 0 atom stereocenters. The molecule has 2 aromatic rings. The molecule has 0 aliphatic heterocycles. The SMILES string of the molecule is CN(CC1CCCC1)c1nc2sccn2c1CO. The zero-order valence-corrected chi connectivity index (χ0v) is 11.5. The van der Waals surface area contributed by atoms with E-state index in [0.29, 0.717) is 0 Å². The summed E-state index contributed by atoms with van der Waals surface area (Å²) in [6.45, 7) is 1.10. The first-order valence-corrected chi connectivity index (χ1v) is 7.44. The molecule has 4 nitrogen and oxygen atoms in total. The summed E-state index contributed by atoms with van der Waals surface area (Å²) < 4.78 is 1.99. The fourth-order valence-corrected chi connectivity index (χ4v) is 3.67. The van der Waals surface area contributed by atoms with Crippen LogP contribution >= 0.6 is 11.3 Å². The predicted molar refractivity (Wildman–Crippen MR) is 74.2 cm³/mol. The average molecular weight is 265 g/mol. The number of anilines is 1. The van der Waals surface area contributed by atoms with E-state index in [2.05, 4.69) is 16.9 Å². The third kappa shape index (κ3) is 2.01. The third-order valence-corrected chi connectivity index (χ3v) is 4.61. The summed E-state index contributed by atoms with van der Waals surface area (Å²) in [5.41, 5.74) is 0.909. The van der Waals surface area contributed by atoms with Crippen LogP contribution in [0.1, 0.15) is 31.4 Å². The zero-order valence-electron chi connectivity index (χ0n) is 10.7. The maximum Gasteiger partial charge on any atom is 0.195 e. The van der Waals surface area contributed by atoms with Crippen LogP contribution in [0.3, 0.4) is 0 Å². The lowest BCUT2D eigenvalue weighted by atomic mass is 10.1. The number of fused-ring (bicyclic) bond motifs is 1. The molecular formula is C13H19N3OS. The van der Waals surface area contributed by atoms with E-state index < -0.39 is 0 Å². The second kappa shape index (κ2) is 4.90. The second-order valence-corrected chi connectivity index (χ2v) is 6.00. The Hall–Kier alpha value is -1.07. The number of aromatic nitrogens is 2. The molecule has 1 fully saturated rings. The van der Waals surface area contributed by atoms with Gasteiger partial charge in [0, 0.05) is 25.2 Å². The van der Waals surface area contributed by atoms with Crippen LogP contribution in [0.25, 0.3) is 4.96 Å². The molecule has 0 bridgehead atoms. The van der Waals surface area contributed by atoms with Gasteiger partial charge >= 0.3 is 0 Å². The van der Waals surface area contributed by atoms with Crippen molar-refractivity contribution >= 4 is 22.1 Å². The van der Waals surface area contributed by atoms with Crippen molar-refractivity contribution in [2.24, 2.45) is 5.92 Å². The van der Waals surface area contributed by atoms with E-state index in [1.807, 2.05) is 16.0 Å². The maximum absolute atomic E-state index is 9.55. The molecule has 1 aliphatic rings. The molecule has 2 aromatic heterocycles. The van der Waals surface area contributed by atoms with E-state index in [1.165, 1.54) is 25.7 Å². The molecule has 0 unspecified atom stereocenters. The fraction of sp³-hybridized carbons (Fsp3) is 0.615. The van der Waals surface area contributed by atoms with Gasteiger partial charge in [-0.3, -0.25) is 4.40 Å². The molecule has 2 heterocycles. The average Bonchev–Trinajstić information content (AvgIpc) is 3.03. The van der Waals surface area contributed by atoms with Crippen molar-refractivity contribution in [3.8, 4) is 0 Å². The highest BCUT2D eigenvalue weighted by molar-refractivity contribution is 7.15. The first-order valence-electron chi connectivity index (χ1n) is 6.56. The van der Waals surface area contributed by atoms with Crippen LogP contribution in [0.4, 0.5) is 5.82 Å². The van der Waals surface area contributed by atoms with Crippen LogP contribution in [-0.4, -0.2) is 28.1 Å². The lowest BCUT2D eigenvalue weighted by Gasteiger charge is -2.21. The molecular weight excluding hydrogens is 246 g/mol. The van der Waals surface area contributed by atoms with Gasteiger partial charge in [-0.25, -0.2) is 4.98 Å². The van der Waals surface area contributed by atoms with Crippen LogP contribution in [0, 0.1) is 5.92 Å². The molecule has 98 valence electrons. The minimum Gasteiger partial charge on any atom is -0.390 e. The number of aliphatic hydroxyl groups excluding tert-OH is 1. The van der Waals surface area contributed by atoms with Crippen LogP contribution in [-0.2, 0) is 6.61 Å². The van der Waals surface area contributed by atoms with E-state index >= 15 is 0 Å². The molecule has 1 N–H and O–H groups in total. The molecule has 0 amide bonds. The van der Waals surface area contributed by atoms with Crippen molar-refractivity contribution in [2.45, 2.75) is 32.3 Å². The summed E-state index contributed by atoms with van der Waals surface area (Å²) in [7, 11) is 2.09. The van der Waals surface area contributed by atoms with Gasteiger partial charge in [-0.2, -0.15) is 0 Å². The Balaban J connectivity index is 1.85. The summed E-state index contributed by atoms with van der Waals surface area (Å²) in [5, 5.41) is 11.6. The minimum absolute atomic E-state index is 0.0439. The number of imidazole rings is 1. The Morgan fingerprint density at radius 3 is 3.00 bits per heavy atom. The van der Waals surface area contributed by atoms with Crippen molar-refractivity contribution < 1.29 is 5.11 Å². The smallest absolute Gasteiger partial charge is 0.195 e. The number of hydrogen-bond acceptors (Lipinski definition) is 4. The van der Waals surface area contributed by atoms with Crippen LogP contribution < -0.4 is 4.90 Å². The van der Waals surface area contributed by atoms with Gasteiger partial charge < -0.3 is 10.0 Å². The predicted octanol–water partition coefficient (Wildman–Crippen LogP) is 2.51. The van der Waals surface area contributed by atoms with Crippen LogP contribution in [0.15, 0.2) is 11.6 Å². The van der Waals surface area contributed by atoms with Gasteiger partial charge in [-0.1, -0.05) is 12.8 Å². The lowest BCUT2D eigenvalue weighted by Crippen LogP contribution is -2.25. The minimum atomic E-state index is 0.0439. The number of aliphatic hydroxyl groups is 1. The Kier molecular flexibility index (Phi) is 3.26. The Morgan fingerprint density at radius 1 is 1.50 bits per heavy atom. The molecule has 18 heavy (non-hydrogen) atoms. The highest BCUT2D eigenvalue weighted by Gasteiger charge is 2.21. The van der Waals surface area contributed by atoms with E-state index in [-0.39, 0.29) is 6.61 Å². The summed E-state index contributed by atoms with van der Waals surface area (Å²) in [6, 6.07) is 0. The van der Waals surface area contributed by atoms with Crippen molar-refractivity contribution in [3.05, 3.63) is 17.3 Å². The van der Waals surface area contributed by atoms with E-state index in [1.54, 1.807) is 11.3 Å². The molecule has 0 radical (unpaired) electrons. The lowest BCUT2D eigenvalue weighted by molar-refractivity contribution is 0.276. The van der Waals surface area contributed by atoms with Crippen LogP contribution in [0.5, 0.6) is 0 Å². The molecule has 5 heteroatoms. The van der Waals surface area contributed by atoms with Gasteiger partial charge in [-0.15, -0.1) is 11.3 Å². The Labute approximate surface area is 111 Å². The first-order chi connectivity index (χ1) is 8.79. The summed E-state index contributed by atoms with van der Waals surface area (Å²) >= 11 is 1.61. The number of rotatable bonds is 4. The second-order valence-electron chi connectivity index (χ2n) is 5.13. The van der Waals surface area contributed by atoms with E-state index in [0.717, 1.165) is 28.9 Å². The molecule has 0 aromatic carbocycles. The number of nitrogens with zero attached hydrogens (tertiary/aromatic N) is 3. The number of hydrogen-bond donors (Lipinski definition) is 1. The van der Waals surface area contributed by atoms with Gasteiger partial charge in [0.15, 0.2) is 10.8 Å². The van der Waals surface area contributed by atoms with Crippen molar-refractivity contribution in [1.82, 2.24) is 9.38 Å². The number of thiazole rings is 1. The third-order valence-electron chi connectivity index (χ3n) is 3.86. The highest BCUT2D eigenvalue weighted by Crippen LogP contribution is 2.29. The summed E-state index contributed by atoms with van der Waals surface area (Å²) in [5.74, 6) is 1.73. The topological polar surface area (TPSA) is 40.8 Å². The molecule has 3 rings (SSSR count). The molecule has 1 aliphatic carbocycles. The normalized spacial score (nSPS) is 16.8. The van der Waals surface area contributed by atoms with E-state index in [9.17, 15) is 5.11 Å². The van der Waals surface area contributed by atoms with Gasteiger partial charge in [-0.05, 0) is 18.8 Å². The summed E-state index contributed by atoms with van der Waals surface area (Å²) in [4.78, 5) is 7.81. The van der Waals surface area contributed by atoms with Gasteiger partial charge in [0.2, 0.25) is 0 Å². The van der Waals surface area contributed by atoms with Gasteiger partial charge in [0.05, 0.1) is 12.3 Å². The first kappa shape index (κ1) is 12.0. The zero-order chi connectivity index (χ0) is 12.5. The molecule has 0 saturated heterocycles. The van der Waals surface area contributed by atoms with Gasteiger partial charge in [0.25, 0.3) is 0 Å². The highest BCUT2D eigenvalue weighted by atomic mass is 32.1. The standard InChI is InChI=1S/C13H19N3OS/c1-15(8-10-4-2-3-5-10)12-11(9-17)16-6-7-18-13(16)14-12/h6-7,10,17H,2-5,8-9H2,1H3. The van der Waals surface area contributed by atoms with Gasteiger partial charge in [0.1, 0.15) is 0 Å². The fourth-order valence-electron chi connectivity index (χ4n) is 2.94. The Morgan fingerprint density at radius 2 is 2.28 bits per heavy atom. The summed E-state index contributed by atoms with van der Waals surface area (Å²) in [6.07, 6.45) is 7.38. The van der Waals surface area contributed by atoms with Crippen molar-refractivity contribution in [2.75, 3.05) is 18.5 Å². The molecule has 1 saturated carbocycles. The van der Waals surface area contributed by atoms with Crippen molar-refractivity contribution in [3.63, 3.8) is 0 Å². The van der Waals surface area contributed by atoms with E-state index in [4.69, 9.17) is 0 Å². The van der Waals surface area contributed by atoms with Crippen molar-refractivity contribution in [1.29, 1.82) is 0 Å². The Bertz CT molecular complexity index is 527.